The van der Waals surface area contributed by atoms with Crippen molar-refractivity contribution < 1.29 is 24.6 Å². The summed E-state index contributed by atoms with van der Waals surface area (Å²) in [6.07, 6.45) is 1.62. The van der Waals surface area contributed by atoms with E-state index in [9.17, 15) is 19.5 Å². The van der Waals surface area contributed by atoms with Gasteiger partial charge in [0.15, 0.2) is 0 Å². The Bertz CT molecular complexity index is 1190. The van der Waals surface area contributed by atoms with Gasteiger partial charge in [-0.2, -0.15) is 0 Å². The molecule has 2 N–H and O–H groups in total. The van der Waals surface area contributed by atoms with E-state index in [0.717, 1.165) is 10.5 Å². The number of carbonyl (C=O) groups excluding carboxylic acids is 2. The Morgan fingerprint density at radius 3 is 2.00 bits per heavy atom. The van der Waals surface area contributed by atoms with Crippen LogP contribution in [-0.2, 0) is 17.9 Å². The van der Waals surface area contributed by atoms with Crippen LogP contribution in [0, 0.1) is 0 Å². The van der Waals surface area contributed by atoms with Crippen LogP contribution in [0.15, 0.2) is 84.6 Å². The number of rotatable bonds is 6. The molecular formula is C25H20N2O5. The van der Waals surface area contributed by atoms with Crippen molar-refractivity contribution in [3.8, 4) is 5.75 Å². The second-order valence-corrected chi connectivity index (χ2v) is 7.37. The molecule has 7 heteroatoms. The molecule has 1 heterocycles. The maximum atomic E-state index is 13.2. The van der Waals surface area contributed by atoms with Crippen molar-refractivity contribution in [2.75, 3.05) is 0 Å². The molecule has 3 aromatic carbocycles. The standard InChI is InChI=1S/C25H20N2O5/c28-21-12-8-17(9-13-21)14-22-23(29)27(16-19-6-10-20(11-7-19)24(30)31)25(32)26(22)15-18-4-2-1-3-5-18/h1-14,28H,15-16H2,(H,30,31)/b22-14+. The van der Waals surface area contributed by atoms with E-state index in [-0.39, 0.29) is 30.1 Å². The number of aromatic hydroxyl groups is 1. The van der Waals surface area contributed by atoms with Gasteiger partial charge < -0.3 is 10.2 Å². The van der Waals surface area contributed by atoms with Gasteiger partial charge in [0, 0.05) is 0 Å². The number of aromatic carboxylic acids is 1. The lowest BCUT2D eigenvalue weighted by atomic mass is 10.1. The predicted molar refractivity (Wildman–Crippen MR) is 117 cm³/mol. The third kappa shape index (κ3) is 4.37. The number of carbonyl (C=O) groups is 3. The summed E-state index contributed by atoms with van der Waals surface area (Å²) in [5.74, 6) is -1.38. The molecule has 4 rings (SSSR count). The third-order valence-corrected chi connectivity index (χ3v) is 5.14. The molecule has 0 unspecified atom stereocenters. The van der Waals surface area contributed by atoms with E-state index in [4.69, 9.17) is 5.11 Å². The second-order valence-electron chi connectivity index (χ2n) is 7.37. The predicted octanol–water partition coefficient (Wildman–Crippen LogP) is 4.10. The molecule has 0 aromatic heterocycles. The number of urea groups is 1. The summed E-state index contributed by atoms with van der Waals surface area (Å²) in [6.45, 7) is 0.250. The van der Waals surface area contributed by atoms with Gasteiger partial charge in [0.2, 0.25) is 0 Å². The number of nitrogens with zero attached hydrogens (tertiary/aromatic N) is 2. The summed E-state index contributed by atoms with van der Waals surface area (Å²) < 4.78 is 0. The van der Waals surface area contributed by atoms with Gasteiger partial charge in [-0.1, -0.05) is 54.6 Å². The van der Waals surface area contributed by atoms with Crippen molar-refractivity contribution >= 4 is 24.0 Å². The van der Waals surface area contributed by atoms with Gasteiger partial charge in [-0.3, -0.25) is 14.6 Å². The molecule has 0 bridgehead atoms. The fraction of sp³-hybridized carbons (Fsp3) is 0.0800. The van der Waals surface area contributed by atoms with Crippen LogP contribution >= 0.6 is 0 Å². The van der Waals surface area contributed by atoms with Crippen LogP contribution in [0.1, 0.15) is 27.0 Å². The number of amides is 3. The van der Waals surface area contributed by atoms with E-state index < -0.39 is 17.9 Å². The molecule has 1 aliphatic heterocycles. The molecule has 0 spiro atoms. The number of benzene rings is 3. The Hall–Kier alpha value is -4.39. The number of hydrogen-bond acceptors (Lipinski definition) is 4. The number of carboxylic acids is 1. The largest absolute Gasteiger partial charge is 0.508 e. The van der Waals surface area contributed by atoms with Crippen molar-refractivity contribution in [3.63, 3.8) is 0 Å². The molecule has 1 saturated heterocycles. The summed E-state index contributed by atoms with van der Waals surface area (Å²) >= 11 is 0. The average molecular weight is 428 g/mol. The van der Waals surface area contributed by atoms with Crippen molar-refractivity contribution in [3.05, 3.63) is 107 Å². The molecule has 32 heavy (non-hydrogen) atoms. The molecule has 1 aliphatic rings. The smallest absolute Gasteiger partial charge is 0.335 e. The topological polar surface area (TPSA) is 98.2 Å². The third-order valence-electron chi connectivity index (χ3n) is 5.14. The zero-order valence-electron chi connectivity index (χ0n) is 17.0. The number of carboxylic acid groups (broad SMARTS) is 1. The lowest BCUT2D eigenvalue weighted by molar-refractivity contribution is -0.123. The second kappa shape index (κ2) is 8.77. The highest BCUT2D eigenvalue weighted by Crippen LogP contribution is 2.28. The molecule has 0 saturated carbocycles. The van der Waals surface area contributed by atoms with E-state index in [1.54, 1.807) is 30.3 Å². The van der Waals surface area contributed by atoms with Gasteiger partial charge in [-0.25, -0.2) is 9.59 Å². The first-order valence-electron chi connectivity index (χ1n) is 9.92. The van der Waals surface area contributed by atoms with Crippen molar-refractivity contribution in [2.24, 2.45) is 0 Å². The summed E-state index contributed by atoms with van der Waals surface area (Å²) in [7, 11) is 0. The fourth-order valence-electron chi connectivity index (χ4n) is 3.45. The molecule has 3 amide bonds. The monoisotopic (exact) mass is 428 g/mol. The maximum Gasteiger partial charge on any atom is 0.335 e. The molecule has 0 aliphatic carbocycles. The molecule has 0 radical (unpaired) electrons. The molecular weight excluding hydrogens is 408 g/mol. The van der Waals surface area contributed by atoms with Gasteiger partial charge in [-0.05, 0) is 47.0 Å². The summed E-state index contributed by atoms with van der Waals surface area (Å²) in [5.41, 5.74) is 2.54. The zero-order valence-corrected chi connectivity index (χ0v) is 17.0. The number of imide groups is 1. The zero-order chi connectivity index (χ0) is 22.7. The Morgan fingerprint density at radius 1 is 0.781 bits per heavy atom. The molecule has 160 valence electrons. The molecule has 7 nitrogen and oxygen atoms in total. The van der Waals surface area contributed by atoms with Crippen LogP contribution in [0.4, 0.5) is 4.79 Å². The Balaban J connectivity index is 1.66. The minimum atomic E-state index is -1.04. The van der Waals surface area contributed by atoms with E-state index >= 15 is 0 Å². The highest BCUT2D eigenvalue weighted by molar-refractivity contribution is 6.13. The SMILES string of the molecule is O=C(O)c1ccc(CN2C(=O)/C(=C\c3ccc(O)cc3)N(Cc3ccccc3)C2=O)cc1. The molecule has 3 aromatic rings. The van der Waals surface area contributed by atoms with E-state index in [2.05, 4.69) is 0 Å². The van der Waals surface area contributed by atoms with Crippen molar-refractivity contribution in [1.29, 1.82) is 0 Å². The van der Waals surface area contributed by atoms with Crippen LogP contribution in [0.5, 0.6) is 5.75 Å². The quantitative estimate of drug-likeness (QED) is 0.455. The number of phenols is 1. The van der Waals surface area contributed by atoms with Crippen LogP contribution in [0.2, 0.25) is 0 Å². The van der Waals surface area contributed by atoms with Crippen LogP contribution in [0.3, 0.4) is 0 Å². The van der Waals surface area contributed by atoms with Crippen LogP contribution in [0.25, 0.3) is 6.08 Å². The average Bonchev–Trinajstić information content (AvgIpc) is 3.00. The lowest BCUT2D eigenvalue weighted by Gasteiger charge is -2.17. The molecule has 1 fully saturated rings. The number of phenolic OH excluding ortho intramolecular Hbond substituents is 1. The summed E-state index contributed by atoms with van der Waals surface area (Å²) in [5, 5.41) is 18.6. The van der Waals surface area contributed by atoms with E-state index in [0.29, 0.717) is 11.1 Å². The maximum absolute atomic E-state index is 13.2. The highest BCUT2D eigenvalue weighted by Gasteiger charge is 2.40. The minimum absolute atomic E-state index is 0.0236. The van der Waals surface area contributed by atoms with Gasteiger partial charge in [0.25, 0.3) is 5.91 Å². The first kappa shape index (κ1) is 20.9. The summed E-state index contributed by atoms with van der Waals surface area (Å²) in [4.78, 5) is 40.1. The van der Waals surface area contributed by atoms with Gasteiger partial charge in [0.05, 0.1) is 18.7 Å². The Morgan fingerprint density at radius 2 is 1.38 bits per heavy atom. The van der Waals surface area contributed by atoms with Gasteiger partial charge >= 0.3 is 12.0 Å². The van der Waals surface area contributed by atoms with Crippen LogP contribution in [-0.4, -0.2) is 37.9 Å². The van der Waals surface area contributed by atoms with Gasteiger partial charge in [-0.15, -0.1) is 0 Å². The molecule has 0 atom stereocenters. The summed E-state index contributed by atoms with van der Waals surface area (Å²) in [6, 6.07) is 21.3. The van der Waals surface area contributed by atoms with E-state index in [1.165, 1.54) is 29.2 Å². The van der Waals surface area contributed by atoms with Crippen molar-refractivity contribution in [1.82, 2.24) is 9.80 Å². The first-order valence-corrected chi connectivity index (χ1v) is 9.92. The number of hydrogen-bond donors (Lipinski definition) is 2. The van der Waals surface area contributed by atoms with Crippen LogP contribution < -0.4 is 0 Å². The van der Waals surface area contributed by atoms with Crippen molar-refractivity contribution in [2.45, 2.75) is 13.1 Å². The lowest BCUT2D eigenvalue weighted by Crippen LogP contribution is -2.32. The fourth-order valence-corrected chi connectivity index (χ4v) is 3.45. The highest BCUT2D eigenvalue weighted by atomic mass is 16.4. The first-order chi connectivity index (χ1) is 15.4. The Kier molecular flexibility index (Phi) is 5.72. The minimum Gasteiger partial charge on any atom is -0.508 e. The normalized spacial score (nSPS) is 14.9. The van der Waals surface area contributed by atoms with E-state index in [1.807, 2.05) is 30.3 Å². The Labute approximate surface area is 184 Å². The van der Waals surface area contributed by atoms with Gasteiger partial charge in [0.1, 0.15) is 11.4 Å².